The molecule has 3 aromatic rings. The van der Waals surface area contributed by atoms with Gasteiger partial charge < -0.3 is 18.8 Å². The average molecular weight is 465 g/mol. The van der Waals surface area contributed by atoms with Gasteiger partial charge in [-0.15, -0.1) is 21.5 Å². The number of benzene rings is 1. The van der Waals surface area contributed by atoms with E-state index in [1.807, 2.05) is 24.4 Å². The van der Waals surface area contributed by atoms with E-state index in [0.717, 1.165) is 4.88 Å². The molecular formula is C21H21F2N3O5S. The zero-order valence-corrected chi connectivity index (χ0v) is 18.0. The van der Waals surface area contributed by atoms with E-state index in [1.165, 1.54) is 40.5 Å². The van der Waals surface area contributed by atoms with Crippen LogP contribution in [0.25, 0.3) is 10.8 Å². The van der Waals surface area contributed by atoms with E-state index in [-0.39, 0.29) is 24.6 Å². The number of alkyl halides is 2. The highest BCUT2D eigenvalue weighted by molar-refractivity contribution is 7.13. The molecule has 0 bridgehead atoms. The van der Waals surface area contributed by atoms with Gasteiger partial charge in [-0.3, -0.25) is 9.59 Å². The summed E-state index contributed by atoms with van der Waals surface area (Å²) in [4.78, 5) is 26.9. The summed E-state index contributed by atoms with van der Waals surface area (Å²) in [5.41, 5.74) is 0.543. The summed E-state index contributed by atoms with van der Waals surface area (Å²) in [6, 6.07) is 9.35. The Morgan fingerprint density at radius 3 is 2.62 bits per heavy atom. The number of halogens is 2. The second kappa shape index (κ2) is 11.3. The summed E-state index contributed by atoms with van der Waals surface area (Å²) in [5.74, 6) is -0.347. The van der Waals surface area contributed by atoms with E-state index in [4.69, 9.17) is 9.15 Å². The van der Waals surface area contributed by atoms with Gasteiger partial charge in [-0.25, -0.2) is 0 Å². The van der Waals surface area contributed by atoms with E-state index < -0.39 is 25.1 Å². The number of carbonyl (C=O) groups is 2. The van der Waals surface area contributed by atoms with E-state index in [2.05, 4.69) is 14.9 Å². The first-order valence-corrected chi connectivity index (χ1v) is 10.7. The molecule has 0 aliphatic carbocycles. The zero-order chi connectivity index (χ0) is 22.9. The minimum Gasteiger partial charge on any atom is -0.455 e. The number of amides is 1. The van der Waals surface area contributed by atoms with Crippen LogP contribution in [0.3, 0.4) is 0 Å². The Morgan fingerprint density at radius 1 is 1.19 bits per heavy atom. The fraction of sp³-hybridized carbons (Fsp3) is 0.333. The van der Waals surface area contributed by atoms with Gasteiger partial charge in [0.2, 0.25) is 5.89 Å². The molecule has 2 aromatic heterocycles. The summed E-state index contributed by atoms with van der Waals surface area (Å²) < 4.78 is 39.3. The monoisotopic (exact) mass is 465 g/mol. The molecule has 3 rings (SSSR count). The van der Waals surface area contributed by atoms with Crippen molar-refractivity contribution in [2.24, 2.45) is 0 Å². The van der Waals surface area contributed by atoms with Crippen LogP contribution < -0.4 is 4.74 Å². The number of aromatic nitrogens is 2. The van der Waals surface area contributed by atoms with Gasteiger partial charge in [-0.05, 0) is 35.6 Å². The number of esters is 1. The van der Waals surface area contributed by atoms with Crippen molar-refractivity contribution in [3.8, 4) is 16.5 Å². The van der Waals surface area contributed by atoms with Crippen LogP contribution in [0.4, 0.5) is 8.78 Å². The highest BCUT2D eigenvalue weighted by atomic mass is 32.1. The maximum atomic E-state index is 12.6. The van der Waals surface area contributed by atoms with Crippen molar-refractivity contribution in [2.75, 3.05) is 13.2 Å². The molecule has 11 heteroatoms. The predicted octanol–water partition coefficient (Wildman–Crippen LogP) is 3.92. The smallest absolute Gasteiger partial charge is 0.387 e. The van der Waals surface area contributed by atoms with Crippen LogP contribution in [0.2, 0.25) is 0 Å². The third-order valence-electron chi connectivity index (χ3n) is 4.22. The minimum absolute atomic E-state index is 0.00855. The summed E-state index contributed by atoms with van der Waals surface area (Å²) in [6.45, 7) is -0.902. The molecule has 1 aromatic carbocycles. The number of hydrogen-bond acceptors (Lipinski definition) is 8. The standard InChI is InChI=1S/C21H21F2N3O5S/c1-2-9-26(12-17-24-25-20(31-17)16-4-3-10-32-16)18(27)13-29-19(28)11-14-5-7-15(8-6-14)30-21(22)23/h3-8,10,21H,2,9,11-13H2,1H3. The van der Waals surface area contributed by atoms with E-state index >= 15 is 0 Å². The second-order valence-corrected chi connectivity index (χ2v) is 7.60. The van der Waals surface area contributed by atoms with Crippen LogP contribution in [0.5, 0.6) is 5.75 Å². The van der Waals surface area contributed by atoms with Gasteiger partial charge in [-0.1, -0.05) is 25.1 Å². The van der Waals surface area contributed by atoms with E-state index in [9.17, 15) is 18.4 Å². The fourth-order valence-corrected chi connectivity index (χ4v) is 3.43. The Bertz CT molecular complexity index is 1010. The molecule has 32 heavy (non-hydrogen) atoms. The van der Waals surface area contributed by atoms with E-state index in [1.54, 1.807) is 0 Å². The molecule has 1 amide bonds. The van der Waals surface area contributed by atoms with Crippen LogP contribution >= 0.6 is 11.3 Å². The van der Waals surface area contributed by atoms with Gasteiger partial charge >= 0.3 is 12.6 Å². The summed E-state index contributed by atoms with van der Waals surface area (Å²) in [5, 5.41) is 9.87. The third kappa shape index (κ3) is 6.84. The Morgan fingerprint density at radius 2 is 1.97 bits per heavy atom. The Hall–Kier alpha value is -3.34. The molecule has 0 saturated carbocycles. The first kappa shape index (κ1) is 23.3. The van der Waals surface area contributed by atoms with Crippen molar-refractivity contribution in [3.05, 3.63) is 53.2 Å². The van der Waals surface area contributed by atoms with Crippen molar-refractivity contribution in [3.63, 3.8) is 0 Å². The summed E-state index contributed by atoms with van der Waals surface area (Å²) in [7, 11) is 0. The maximum absolute atomic E-state index is 12.6. The normalized spacial score (nSPS) is 10.9. The van der Waals surface area contributed by atoms with Crippen molar-refractivity contribution in [2.45, 2.75) is 32.9 Å². The first-order chi connectivity index (χ1) is 15.4. The molecule has 0 radical (unpaired) electrons. The molecule has 2 heterocycles. The number of ether oxygens (including phenoxy) is 2. The van der Waals surface area contributed by atoms with Crippen LogP contribution in [-0.4, -0.2) is 46.7 Å². The topological polar surface area (TPSA) is 94.8 Å². The molecule has 0 N–H and O–H groups in total. The molecule has 0 aliphatic rings. The predicted molar refractivity (Wildman–Crippen MR) is 111 cm³/mol. The van der Waals surface area contributed by atoms with Crippen LogP contribution in [-0.2, 0) is 27.3 Å². The van der Waals surface area contributed by atoms with Gasteiger partial charge in [0, 0.05) is 6.54 Å². The molecule has 170 valence electrons. The van der Waals surface area contributed by atoms with Gasteiger partial charge in [-0.2, -0.15) is 8.78 Å². The van der Waals surface area contributed by atoms with Crippen molar-refractivity contribution < 1.29 is 32.3 Å². The molecule has 0 spiro atoms. The largest absolute Gasteiger partial charge is 0.455 e. The average Bonchev–Trinajstić information content (AvgIpc) is 3.45. The van der Waals surface area contributed by atoms with Crippen LogP contribution in [0, 0.1) is 0 Å². The second-order valence-electron chi connectivity index (χ2n) is 6.65. The number of thiophene rings is 1. The molecular weight excluding hydrogens is 444 g/mol. The summed E-state index contributed by atoms with van der Waals surface area (Å²) >= 11 is 1.47. The highest BCUT2D eigenvalue weighted by Gasteiger charge is 2.19. The SMILES string of the molecule is CCCN(Cc1nnc(-c2cccs2)o1)C(=O)COC(=O)Cc1ccc(OC(F)F)cc1. The minimum atomic E-state index is -2.92. The number of nitrogens with zero attached hydrogens (tertiary/aromatic N) is 3. The number of hydrogen-bond donors (Lipinski definition) is 0. The number of carbonyl (C=O) groups excluding carboxylic acids is 2. The summed E-state index contributed by atoms with van der Waals surface area (Å²) in [6.07, 6.45) is 0.586. The lowest BCUT2D eigenvalue weighted by Crippen LogP contribution is -2.35. The quantitative estimate of drug-likeness (QED) is 0.396. The Kier molecular flexibility index (Phi) is 8.26. The third-order valence-corrected chi connectivity index (χ3v) is 5.08. The highest BCUT2D eigenvalue weighted by Crippen LogP contribution is 2.23. The van der Waals surface area contributed by atoms with Crippen LogP contribution in [0.15, 0.2) is 46.2 Å². The lowest BCUT2D eigenvalue weighted by Gasteiger charge is -2.20. The maximum Gasteiger partial charge on any atom is 0.387 e. The molecule has 0 fully saturated rings. The van der Waals surface area contributed by atoms with Crippen molar-refractivity contribution in [1.29, 1.82) is 0 Å². The molecule has 8 nitrogen and oxygen atoms in total. The molecule has 0 unspecified atom stereocenters. The first-order valence-electron chi connectivity index (χ1n) is 9.78. The molecule has 0 atom stereocenters. The number of rotatable bonds is 11. The van der Waals surface area contributed by atoms with Gasteiger partial charge in [0.25, 0.3) is 11.8 Å². The van der Waals surface area contributed by atoms with Gasteiger partial charge in [0.1, 0.15) is 5.75 Å². The van der Waals surface area contributed by atoms with Crippen LogP contribution in [0.1, 0.15) is 24.8 Å². The van der Waals surface area contributed by atoms with Crippen molar-refractivity contribution in [1.82, 2.24) is 15.1 Å². The molecule has 0 aliphatic heterocycles. The lowest BCUT2D eigenvalue weighted by molar-refractivity contribution is -0.151. The van der Waals surface area contributed by atoms with E-state index in [0.29, 0.717) is 24.4 Å². The fourth-order valence-electron chi connectivity index (χ4n) is 2.78. The Labute approximate surface area is 186 Å². The van der Waals surface area contributed by atoms with Gasteiger partial charge in [0.05, 0.1) is 17.8 Å². The lowest BCUT2D eigenvalue weighted by atomic mass is 10.1. The van der Waals surface area contributed by atoms with Crippen molar-refractivity contribution >= 4 is 23.2 Å². The molecule has 0 saturated heterocycles. The zero-order valence-electron chi connectivity index (χ0n) is 17.2. The van der Waals surface area contributed by atoms with Gasteiger partial charge in [0.15, 0.2) is 6.61 Å². The Balaban J connectivity index is 1.50.